The van der Waals surface area contributed by atoms with Crippen LogP contribution in [0.1, 0.15) is 44.1 Å². The molecule has 160 valence electrons. The van der Waals surface area contributed by atoms with E-state index in [1.165, 1.54) is 35.2 Å². The first-order valence-electron chi connectivity index (χ1n) is 9.77. The summed E-state index contributed by atoms with van der Waals surface area (Å²) in [7, 11) is 0. The molecule has 29 heavy (non-hydrogen) atoms. The molecule has 1 saturated heterocycles. The Morgan fingerprint density at radius 2 is 1.93 bits per heavy atom. The van der Waals surface area contributed by atoms with Gasteiger partial charge >= 0.3 is 18.0 Å². The van der Waals surface area contributed by atoms with Crippen LogP contribution in [0, 0.1) is 0 Å². The molecule has 1 aromatic carbocycles. The first kappa shape index (κ1) is 22.8. The number of hydrogen-bond donors (Lipinski definition) is 2. The maximum atomic E-state index is 14.4. The number of ether oxygens (including phenoxy) is 1. The molecular weight excluding hydrogens is 384 g/mol. The van der Waals surface area contributed by atoms with E-state index in [-0.39, 0.29) is 18.6 Å². The SMILES string of the molecule is O=C(O)CCCCCCN1C(=O)OCCC1C=CC(O)C(F)(F)c1ccccc1. The van der Waals surface area contributed by atoms with Gasteiger partial charge in [-0.2, -0.15) is 8.78 Å². The minimum absolute atomic E-state index is 0.116. The monoisotopic (exact) mass is 411 g/mol. The Morgan fingerprint density at radius 1 is 1.24 bits per heavy atom. The fourth-order valence-electron chi connectivity index (χ4n) is 3.20. The summed E-state index contributed by atoms with van der Waals surface area (Å²) in [5.74, 6) is -4.28. The summed E-state index contributed by atoms with van der Waals surface area (Å²) < 4.78 is 33.9. The van der Waals surface area contributed by atoms with E-state index < -0.39 is 30.1 Å². The van der Waals surface area contributed by atoms with Gasteiger partial charge in [-0.25, -0.2) is 4.79 Å². The lowest BCUT2D eigenvalue weighted by molar-refractivity contribution is -0.137. The molecule has 0 spiro atoms. The molecule has 6 nitrogen and oxygen atoms in total. The summed E-state index contributed by atoms with van der Waals surface area (Å²) in [4.78, 5) is 24.0. The number of carbonyl (C=O) groups is 2. The zero-order valence-electron chi connectivity index (χ0n) is 16.2. The van der Waals surface area contributed by atoms with Crippen molar-refractivity contribution in [3.05, 3.63) is 48.0 Å². The summed E-state index contributed by atoms with van der Waals surface area (Å²) in [6.45, 7) is 0.570. The number of halogens is 2. The number of carboxylic acid groups (broad SMARTS) is 1. The Hall–Kier alpha value is -2.48. The van der Waals surface area contributed by atoms with Crippen molar-refractivity contribution in [2.75, 3.05) is 13.2 Å². The van der Waals surface area contributed by atoms with Crippen LogP contribution in [-0.4, -0.2) is 52.5 Å². The number of unbranched alkanes of at least 4 members (excludes halogenated alkanes) is 3. The molecule has 8 heteroatoms. The van der Waals surface area contributed by atoms with Gasteiger partial charge in [0.1, 0.15) is 6.10 Å². The van der Waals surface area contributed by atoms with Crippen molar-refractivity contribution in [2.45, 2.75) is 56.6 Å². The minimum atomic E-state index is -3.44. The zero-order valence-corrected chi connectivity index (χ0v) is 16.2. The van der Waals surface area contributed by atoms with Crippen LogP contribution in [0.5, 0.6) is 0 Å². The number of cyclic esters (lactones) is 1. The lowest BCUT2D eigenvalue weighted by Gasteiger charge is -2.33. The third kappa shape index (κ3) is 6.81. The lowest BCUT2D eigenvalue weighted by Crippen LogP contribution is -2.45. The predicted molar refractivity (Wildman–Crippen MR) is 103 cm³/mol. The number of aliphatic carboxylic acids is 1. The molecule has 2 rings (SSSR count). The second-order valence-electron chi connectivity index (χ2n) is 7.04. The van der Waals surface area contributed by atoms with Crippen LogP contribution in [0.4, 0.5) is 13.6 Å². The molecule has 1 aromatic rings. The summed E-state index contributed by atoms with van der Waals surface area (Å²) in [5.41, 5.74) is -0.279. The van der Waals surface area contributed by atoms with Crippen LogP contribution in [0.25, 0.3) is 0 Å². The Labute approximate surface area is 168 Å². The molecule has 1 aliphatic rings. The van der Waals surface area contributed by atoms with Gasteiger partial charge in [0.15, 0.2) is 0 Å². The molecule has 0 aliphatic carbocycles. The van der Waals surface area contributed by atoms with Gasteiger partial charge in [0.2, 0.25) is 0 Å². The van der Waals surface area contributed by atoms with Crippen molar-refractivity contribution in [1.29, 1.82) is 0 Å². The molecule has 2 atom stereocenters. The predicted octanol–water partition coefficient (Wildman–Crippen LogP) is 3.94. The molecular formula is C21H27F2NO5. The number of alkyl halides is 2. The fraction of sp³-hybridized carbons (Fsp3) is 0.524. The van der Waals surface area contributed by atoms with Crippen molar-refractivity contribution in [3.63, 3.8) is 0 Å². The zero-order chi connectivity index (χ0) is 21.3. The van der Waals surface area contributed by atoms with Gasteiger partial charge in [0, 0.05) is 24.9 Å². The number of amides is 1. The van der Waals surface area contributed by atoms with Gasteiger partial charge in [0.05, 0.1) is 12.6 Å². The number of carbonyl (C=O) groups excluding carboxylic acids is 1. The highest BCUT2D eigenvalue weighted by Gasteiger charge is 2.39. The smallest absolute Gasteiger partial charge is 0.410 e. The Bertz CT molecular complexity index is 696. The van der Waals surface area contributed by atoms with Crippen LogP contribution in [-0.2, 0) is 15.5 Å². The van der Waals surface area contributed by atoms with Crippen molar-refractivity contribution in [1.82, 2.24) is 4.90 Å². The van der Waals surface area contributed by atoms with Gasteiger partial charge in [-0.15, -0.1) is 0 Å². The average molecular weight is 411 g/mol. The third-order valence-corrected chi connectivity index (χ3v) is 4.86. The standard InChI is InChI=1S/C21H27F2NO5/c22-21(23,16-8-4-3-5-9-16)18(25)12-11-17-13-15-29-20(28)24(17)14-7-2-1-6-10-19(26)27/h3-5,8-9,11-12,17-18,25H,1-2,6-7,10,13-15H2,(H,26,27). The summed E-state index contributed by atoms with van der Waals surface area (Å²) in [6, 6.07) is 6.66. The maximum absolute atomic E-state index is 14.4. The Balaban J connectivity index is 1.92. The lowest BCUT2D eigenvalue weighted by atomic mass is 10.0. The van der Waals surface area contributed by atoms with Gasteiger partial charge in [-0.05, 0) is 12.8 Å². The average Bonchev–Trinajstić information content (AvgIpc) is 2.70. The highest BCUT2D eigenvalue weighted by atomic mass is 19.3. The van der Waals surface area contributed by atoms with Crippen LogP contribution in [0.3, 0.4) is 0 Å². The molecule has 0 radical (unpaired) electrons. The normalized spacial score (nSPS) is 18.7. The second kappa shape index (κ2) is 10.9. The number of hydrogen-bond acceptors (Lipinski definition) is 4. The highest BCUT2D eigenvalue weighted by molar-refractivity contribution is 5.69. The van der Waals surface area contributed by atoms with E-state index in [0.717, 1.165) is 18.9 Å². The van der Waals surface area contributed by atoms with E-state index >= 15 is 0 Å². The maximum Gasteiger partial charge on any atom is 0.410 e. The van der Waals surface area contributed by atoms with Crippen molar-refractivity contribution >= 4 is 12.1 Å². The molecule has 0 bridgehead atoms. The minimum Gasteiger partial charge on any atom is -0.481 e. The first-order chi connectivity index (χ1) is 13.8. The molecule has 1 amide bonds. The molecule has 2 unspecified atom stereocenters. The summed E-state index contributed by atoms with van der Waals surface area (Å²) >= 11 is 0. The number of carboxylic acids is 1. The fourth-order valence-corrected chi connectivity index (χ4v) is 3.20. The van der Waals surface area contributed by atoms with Crippen LogP contribution >= 0.6 is 0 Å². The molecule has 1 fully saturated rings. The van der Waals surface area contributed by atoms with Crippen LogP contribution in [0.2, 0.25) is 0 Å². The van der Waals surface area contributed by atoms with Crippen molar-refractivity contribution in [2.24, 2.45) is 0 Å². The quantitative estimate of drug-likeness (QED) is 0.425. The summed E-state index contributed by atoms with van der Waals surface area (Å²) in [5, 5.41) is 18.6. The Kier molecular flexibility index (Phi) is 8.57. The number of benzene rings is 1. The summed E-state index contributed by atoms with van der Waals surface area (Å²) in [6.07, 6.45) is 3.23. The van der Waals surface area contributed by atoms with E-state index in [9.17, 15) is 23.5 Å². The third-order valence-electron chi connectivity index (χ3n) is 4.86. The topological polar surface area (TPSA) is 87.1 Å². The van der Waals surface area contributed by atoms with Crippen LogP contribution < -0.4 is 0 Å². The molecule has 1 heterocycles. The Morgan fingerprint density at radius 3 is 2.62 bits per heavy atom. The number of rotatable bonds is 11. The molecule has 1 aliphatic heterocycles. The van der Waals surface area contributed by atoms with Crippen LogP contribution in [0.15, 0.2) is 42.5 Å². The van der Waals surface area contributed by atoms with Crippen molar-refractivity contribution < 1.29 is 33.3 Å². The highest BCUT2D eigenvalue weighted by Crippen LogP contribution is 2.32. The second-order valence-corrected chi connectivity index (χ2v) is 7.04. The molecule has 0 saturated carbocycles. The first-order valence-corrected chi connectivity index (χ1v) is 9.77. The van der Waals surface area contributed by atoms with E-state index in [0.29, 0.717) is 25.8 Å². The van der Waals surface area contributed by atoms with Crippen molar-refractivity contribution in [3.8, 4) is 0 Å². The largest absolute Gasteiger partial charge is 0.481 e. The van der Waals surface area contributed by atoms with Gasteiger partial charge in [-0.1, -0.05) is 55.3 Å². The van der Waals surface area contributed by atoms with E-state index in [1.54, 1.807) is 6.07 Å². The van der Waals surface area contributed by atoms with Gasteiger partial charge < -0.3 is 19.8 Å². The number of aliphatic hydroxyl groups excluding tert-OH is 1. The van der Waals surface area contributed by atoms with Gasteiger partial charge in [-0.3, -0.25) is 4.79 Å². The number of nitrogens with zero attached hydrogens (tertiary/aromatic N) is 1. The van der Waals surface area contributed by atoms with E-state index in [4.69, 9.17) is 9.84 Å². The molecule has 0 aromatic heterocycles. The van der Waals surface area contributed by atoms with E-state index in [1.807, 2.05) is 0 Å². The molecule has 2 N–H and O–H groups in total. The number of aliphatic hydroxyl groups is 1. The van der Waals surface area contributed by atoms with Gasteiger partial charge in [0.25, 0.3) is 0 Å². The van der Waals surface area contributed by atoms with E-state index in [2.05, 4.69) is 0 Å².